The third-order valence-electron chi connectivity index (χ3n) is 5.50. The standard InChI is InChI=1S/C24H24FN3O3S/c1-3-27(32(30,31)19-12-9-17(25)10-13-19)16-24(29)26-18-11-14-23-21(15-18)20-7-5-6-8-22(20)28(23)4-2/h5-15H,3-4,16H2,1-2H3,(H,26,29). The number of aromatic nitrogens is 1. The summed E-state index contributed by atoms with van der Waals surface area (Å²) < 4.78 is 42.1. The lowest BCUT2D eigenvalue weighted by atomic mass is 10.1. The number of aryl methyl sites for hydroxylation is 1. The molecule has 0 atom stereocenters. The van der Waals surface area contributed by atoms with Gasteiger partial charge >= 0.3 is 0 Å². The number of benzene rings is 3. The van der Waals surface area contributed by atoms with Gasteiger partial charge in [0.2, 0.25) is 15.9 Å². The molecule has 0 aliphatic rings. The molecular formula is C24H24FN3O3S. The summed E-state index contributed by atoms with van der Waals surface area (Å²) in [5.74, 6) is -0.972. The summed E-state index contributed by atoms with van der Waals surface area (Å²) in [6.07, 6.45) is 0. The van der Waals surface area contributed by atoms with Crippen LogP contribution in [0.15, 0.2) is 71.6 Å². The number of anilines is 1. The Hall–Kier alpha value is -3.23. The monoisotopic (exact) mass is 453 g/mol. The molecule has 1 aromatic heterocycles. The van der Waals surface area contributed by atoms with Gasteiger partial charge in [0.1, 0.15) is 5.82 Å². The van der Waals surface area contributed by atoms with E-state index >= 15 is 0 Å². The third-order valence-corrected chi connectivity index (χ3v) is 7.43. The fraction of sp³-hybridized carbons (Fsp3) is 0.208. The van der Waals surface area contributed by atoms with Crippen LogP contribution in [0.4, 0.5) is 10.1 Å². The van der Waals surface area contributed by atoms with Crippen LogP contribution in [0.25, 0.3) is 21.8 Å². The molecule has 0 saturated heterocycles. The molecule has 1 N–H and O–H groups in total. The molecule has 0 radical (unpaired) electrons. The van der Waals surface area contributed by atoms with Gasteiger partial charge in [0.05, 0.1) is 11.4 Å². The zero-order valence-corrected chi connectivity index (χ0v) is 18.7. The Labute approximate surface area is 186 Å². The van der Waals surface area contributed by atoms with Gasteiger partial charge in [-0.05, 0) is 55.5 Å². The molecule has 0 fully saturated rings. The molecule has 1 heterocycles. The molecule has 0 saturated carbocycles. The first-order chi connectivity index (χ1) is 15.3. The van der Waals surface area contributed by atoms with Gasteiger partial charge in [-0.25, -0.2) is 12.8 Å². The van der Waals surface area contributed by atoms with E-state index in [0.717, 1.165) is 44.8 Å². The highest BCUT2D eigenvalue weighted by Gasteiger charge is 2.25. The summed E-state index contributed by atoms with van der Waals surface area (Å²) in [6, 6.07) is 18.3. The largest absolute Gasteiger partial charge is 0.341 e. The van der Waals surface area contributed by atoms with Crippen LogP contribution in [-0.4, -0.2) is 36.3 Å². The molecule has 32 heavy (non-hydrogen) atoms. The van der Waals surface area contributed by atoms with Crippen molar-refractivity contribution in [3.8, 4) is 0 Å². The van der Waals surface area contributed by atoms with Crippen LogP contribution < -0.4 is 5.32 Å². The minimum Gasteiger partial charge on any atom is -0.341 e. The van der Waals surface area contributed by atoms with Crippen LogP contribution in [0.1, 0.15) is 13.8 Å². The number of fused-ring (bicyclic) bond motifs is 3. The third kappa shape index (κ3) is 3.99. The lowest BCUT2D eigenvalue weighted by molar-refractivity contribution is -0.116. The first kappa shape index (κ1) is 22.0. The Morgan fingerprint density at radius 2 is 1.66 bits per heavy atom. The molecule has 6 nitrogen and oxygen atoms in total. The molecule has 166 valence electrons. The summed E-state index contributed by atoms with van der Waals surface area (Å²) in [5, 5.41) is 4.92. The van der Waals surface area contributed by atoms with Gasteiger partial charge in [0, 0.05) is 40.6 Å². The first-order valence-electron chi connectivity index (χ1n) is 10.4. The lowest BCUT2D eigenvalue weighted by Gasteiger charge is -2.20. The Morgan fingerprint density at radius 1 is 0.969 bits per heavy atom. The molecule has 0 aliphatic carbocycles. The number of likely N-dealkylation sites (N-methyl/N-ethyl adjacent to an activating group) is 1. The second kappa shape index (κ2) is 8.72. The highest BCUT2D eigenvalue weighted by molar-refractivity contribution is 7.89. The molecule has 3 aromatic carbocycles. The summed E-state index contributed by atoms with van der Waals surface area (Å²) in [7, 11) is -3.92. The van der Waals surface area contributed by atoms with Crippen LogP contribution in [-0.2, 0) is 21.4 Å². The van der Waals surface area contributed by atoms with Gasteiger partial charge in [-0.15, -0.1) is 0 Å². The van der Waals surface area contributed by atoms with E-state index in [-0.39, 0.29) is 18.0 Å². The molecule has 1 amide bonds. The zero-order chi connectivity index (χ0) is 22.9. The number of hydrogen-bond acceptors (Lipinski definition) is 3. The molecule has 4 aromatic rings. The van der Waals surface area contributed by atoms with Crippen molar-refractivity contribution in [2.75, 3.05) is 18.4 Å². The first-order valence-corrected chi connectivity index (χ1v) is 11.9. The fourth-order valence-electron chi connectivity index (χ4n) is 3.96. The lowest BCUT2D eigenvalue weighted by Crippen LogP contribution is -2.37. The quantitative estimate of drug-likeness (QED) is 0.444. The predicted octanol–water partition coefficient (Wildman–Crippen LogP) is 4.60. The molecule has 0 aliphatic heterocycles. The van der Waals surface area contributed by atoms with E-state index < -0.39 is 21.7 Å². The SMILES string of the molecule is CCN(CC(=O)Nc1ccc2c(c1)c1ccccc1n2CC)S(=O)(=O)c1ccc(F)cc1. The zero-order valence-electron chi connectivity index (χ0n) is 17.9. The summed E-state index contributed by atoms with van der Waals surface area (Å²) >= 11 is 0. The van der Waals surface area contributed by atoms with Gasteiger partial charge in [0.25, 0.3) is 0 Å². The van der Waals surface area contributed by atoms with Crippen molar-refractivity contribution in [1.29, 1.82) is 0 Å². The Bertz CT molecular complexity index is 1400. The summed E-state index contributed by atoms with van der Waals surface area (Å²) in [6.45, 7) is 4.33. The number of rotatable bonds is 7. The Balaban J connectivity index is 1.58. The van der Waals surface area contributed by atoms with Crippen molar-refractivity contribution in [3.05, 3.63) is 72.5 Å². The van der Waals surface area contributed by atoms with Crippen molar-refractivity contribution in [2.24, 2.45) is 0 Å². The average molecular weight is 454 g/mol. The predicted molar refractivity (Wildman–Crippen MR) is 125 cm³/mol. The second-order valence-corrected chi connectivity index (χ2v) is 9.36. The van der Waals surface area contributed by atoms with Crippen molar-refractivity contribution >= 4 is 43.4 Å². The number of nitrogens with one attached hydrogen (secondary N) is 1. The maximum atomic E-state index is 13.2. The van der Waals surface area contributed by atoms with Crippen molar-refractivity contribution in [3.63, 3.8) is 0 Å². The smallest absolute Gasteiger partial charge is 0.243 e. The fourth-order valence-corrected chi connectivity index (χ4v) is 5.36. The van der Waals surface area contributed by atoms with Gasteiger partial charge in [-0.3, -0.25) is 4.79 Å². The number of hydrogen-bond donors (Lipinski definition) is 1. The number of carbonyl (C=O) groups is 1. The van der Waals surface area contributed by atoms with Crippen LogP contribution in [0.5, 0.6) is 0 Å². The summed E-state index contributed by atoms with van der Waals surface area (Å²) in [4.78, 5) is 12.6. The highest BCUT2D eigenvalue weighted by atomic mass is 32.2. The Morgan fingerprint density at radius 3 is 2.34 bits per heavy atom. The van der Waals surface area contributed by atoms with Crippen molar-refractivity contribution in [2.45, 2.75) is 25.3 Å². The molecule has 0 spiro atoms. The van der Waals surface area contributed by atoms with E-state index in [1.807, 2.05) is 36.4 Å². The highest BCUT2D eigenvalue weighted by Crippen LogP contribution is 2.31. The van der Waals surface area contributed by atoms with Crippen LogP contribution in [0, 0.1) is 5.82 Å². The number of nitrogens with zero attached hydrogens (tertiary/aromatic N) is 2. The number of sulfonamides is 1. The molecule has 8 heteroatoms. The van der Waals surface area contributed by atoms with E-state index in [1.165, 1.54) is 12.1 Å². The number of amides is 1. The normalized spacial score (nSPS) is 12.0. The minimum atomic E-state index is -3.92. The summed E-state index contributed by atoms with van der Waals surface area (Å²) in [5.41, 5.74) is 2.79. The Kier molecular flexibility index (Phi) is 5.99. The van der Waals surface area contributed by atoms with Crippen LogP contribution >= 0.6 is 0 Å². The average Bonchev–Trinajstić information content (AvgIpc) is 3.10. The number of para-hydroxylation sites is 1. The number of halogens is 1. The van der Waals surface area contributed by atoms with Crippen LogP contribution in [0.2, 0.25) is 0 Å². The van der Waals surface area contributed by atoms with Crippen LogP contribution in [0.3, 0.4) is 0 Å². The van der Waals surface area contributed by atoms with E-state index in [2.05, 4.69) is 22.9 Å². The van der Waals surface area contributed by atoms with Gasteiger partial charge in [-0.1, -0.05) is 25.1 Å². The van der Waals surface area contributed by atoms with E-state index in [0.29, 0.717) is 5.69 Å². The van der Waals surface area contributed by atoms with Crippen molar-refractivity contribution < 1.29 is 17.6 Å². The van der Waals surface area contributed by atoms with Gasteiger partial charge < -0.3 is 9.88 Å². The van der Waals surface area contributed by atoms with E-state index in [1.54, 1.807) is 6.92 Å². The topological polar surface area (TPSA) is 71.4 Å². The molecule has 0 bridgehead atoms. The molecular weight excluding hydrogens is 429 g/mol. The van der Waals surface area contributed by atoms with E-state index in [9.17, 15) is 17.6 Å². The van der Waals surface area contributed by atoms with E-state index in [4.69, 9.17) is 0 Å². The molecule has 0 unspecified atom stereocenters. The number of carbonyl (C=O) groups excluding carboxylic acids is 1. The second-order valence-electron chi connectivity index (χ2n) is 7.43. The maximum absolute atomic E-state index is 13.2. The van der Waals surface area contributed by atoms with Gasteiger partial charge in [-0.2, -0.15) is 4.31 Å². The van der Waals surface area contributed by atoms with Gasteiger partial charge in [0.15, 0.2) is 0 Å². The maximum Gasteiger partial charge on any atom is 0.243 e. The van der Waals surface area contributed by atoms with Crippen molar-refractivity contribution in [1.82, 2.24) is 8.87 Å². The minimum absolute atomic E-state index is 0.0534. The molecule has 4 rings (SSSR count).